The van der Waals surface area contributed by atoms with E-state index in [2.05, 4.69) is 0 Å². The smallest absolute Gasteiger partial charge is 0.311 e. The van der Waals surface area contributed by atoms with Gasteiger partial charge in [0.2, 0.25) is 0 Å². The zero-order chi connectivity index (χ0) is 9.87. The molecule has 1 aromatic carbocycles. The molecule has 0 bridgehead atoms. The number of carboxylic acids is 1. The Labute approximate surface area is 79.7 Å². The Morgan fingerprint density at radius 1 is 1.43 bits per heavy atom. The molecule has 0 spiro atoms. The van der Waals surface area contributed by atoms with Crippen molar-refractivity contribution in [3.8, 4) is 11.5 Å². The normalized spacial score (nSPS) is 31.6. The lowest BCUT2D eigenvalue weighted by atomic mass is 10.1. The number of aliphatic carboxylic acids is 1. The maximum Gasteiger partial charge on any atom is 0.311 e. The molecule has 3 atom stereocenters. The average molecular weight is 192 g/mol. The van der Waals surface area contributed by atoms with Gasteiger partial charge in [-0.3, -0.25) is 4.79 Å². The molecule has 72 valence electrons. The van der Waals surface area contributed by atoms with Crippen molar-refractivity contribution in [2.75, 3.05) is 0 Å². The van der Waals surface area contributed by atoms with Crippen molar-refractivity contribution in [1.82, 2.24) is 0 Å². The van der Waals surface area contributed by atoms with Crippen LogP contribution in [0.15, 0.2) is 18.2 Å². The lowest BCUT2D eigenvalue weighted by Crippen LogP contribution is -2.08. The minimum absolute atomic E-state index is 0.0606. The molecule has 0 radical (unpaired) electrons. The number of hydrogen-bond donors (Lipinski definition) is 2. The number of carboxylic acid groups (broad SMARTS) is 1. The number of benzene rings is 1. The Bertz CT molecular complexity index is 426. The molecular weight excluding hydrogens is 184 g/mol. The number of aromatic hydroxyl groups is 1. The highest BCUT2D eigenvalue weighted by Crippen LogP contribution is 2.58. The van der Waals surface area contributed by atoms with Crippen molar-refractivity contribution in [3.63, 3.8) is 0 Å². The van der Waals surface area contributed by atoms with Crippen molar-refractivity contribution in [2.24, 2.45) is 5.92 Å². The molecule has 1 aliphatic heterocycles. The fourth-order valence-electron chi connectivity index (χ4n) is 2.14. The number of phenols is 1. The molecule has 1 heterocycles. The topological polar surface area (TPSA) is 66.8 Å². The molecule has 2 aliphatic rings. The molecule has 0 amide bonds. The molecule has 4 nitrogen and oxygen atoms in total. The summed E-state index contributed by atoms with van der Waals surface area (Å²) in [6.07, 6.45) is -0.218. The van der Waals surface area contributed by atoms with E-state index in [1.165, 1.54) is 0 Å². The number of fused-ring (bicyclic) bond motifs is 3. The van der Waals surface area contributed by atoms with E-state index in [1.807, 2.05) is 0 Å². The van der Waals surface area contributed by atoms with Crippen molar-refractivity contribution in [2.45, 2.75) is 12.0 Å². The van der Waals surface area contributed by atoms with Gasteiger partial charge in [-0.25, -0.2) is 0 Å². The molecule has 3 unspecified atom stereocenters. The minimum atomic E-state index is -0.825. The van der Waals surface area contributed by atoms with Crippen molar-refractivity contribution >= 4 is 5.97 Å². The highest BCUT2D eigenvalue weighted by Gasteiger charge is 2.63. The lowest BCUT2D eigenvalue weighted by Gasteiger charge is -2.05. The third-order valence-electron chi connectivity index (χ3n) is 2.85. The molecule has 1 aromatic rings. The van der Waals surface area contributed by atoms with E-state index < -0.39 is 11.9 Å². The van der Waals surface area contributed by atoms with E-state index in [9.17, 15) is 9.90 Å². The van der Waals surface area contributed by atoms with E-state index in [-0.39, 0.29) is 17.8 Å². The van der Waals surface area contributed by atoms with Crippen LogP contribution in [0.2, 0.25) is 0 Å². The second-order valence-electron chi connectivity index (χ2n) is 3.69. The summed E-state index contributed by atoms with van der Waals surface area (Å²) in [6.45, 7) is 0. The molecule has 3 rings (SSSR count). The van der Waals surface area contributed by atoms with Gasteiger partial charge < -0.3 is 14.9 Å². The van der Waals surface area contributed by atoms with Crippen LogP contribution in [0.25, 0.3) is 0 Å². The molecule has 1 saturated carbocycles. The summed E-state index contributed by atoms with van der Waals surface area (Å²) in [5.74, 6) is -0.452. The van der Waals surface area contributed by atoms with Gasteiger partial charge in [-0.2, -0.15) is 0 Å². The van der Waals surface area contributed by atoms with E-state index in [0.29, 0.717) is 5.75 Å². The van der Waals surface area contributed by atoms with E-state index >= 15 is 0 Å². The number of ether oxygens (including phenoxy) is 1. The third-order valence-corrected chi connectivity index (χ3v) is 2.85. The van der Waals surface area contributed by atoms with Crippen LogP contribution in [0, 0.1) is 5.92 Å². The molecule has 0 saturated heterocycles. The summed E-state index contributed by atoms with van der Waals surface area (Å²) in [4.78, 5) is 10.7. The Morgan fingerprint density at radius 2 is 2.21 bits per heavy atom. The van der Waals surface area contributed by atoms with E-state index in [4.69, 9.17) is 9.84 Å². The second-order valence-corrected chi connectivity index (χ2v) is 3.69. The van der Waals surface area contributed by atoms with Crippen LogP contribution in [0.5, 0.6) is 11.5 Å². The highest BCUT2D eigenvalue weighted by atomic mass is 16.5. The van der Waals surface area contributed by atoms with Crippen molar-refractivity contribution in [1.29, 1.82) is 0 Å². The summed E-state index contributed by atoms with van der Waals surface area (Å²) >= 11 is 0. The molecule has 0 aromatic heterocycles. The largest absolute Gasteiger partial charge is 0.508 e. The second kappa shape index (κ2) is 2.20. The van der Waals surface area contributed by atoms with Gasteiger partial charge in [0.1, 0.15) is 23.5 Å². The zero-order valence-electron chi connectivity index (χ0n) is 7.18. The molecule has 1 aliphatic carbocycles. The standard InChI is InChI=1S/C10H8O4/c11-4-1-2-6-5(3-4)7-8(10(12)13)9(7)14-6/h1-3,7-9,11H,(H,12,13). The Balaban J connectivity index is 2.01. The van der Waals surface area contributed by atoms with Crippen LogP contribution in [-0.4, -0.2) is 22.3 Å². The monoisotopic (exact) mass is 192 g/mol. The van der Waals surface area contributed by atoms with Gasteiger partial charge in [-0.05, 0) is 18.2 Å². The molecular formula is C10H8O4. The van der Waals surface area contributed by atoms with Crippen LogP contribution >= 0.6 is 0 Å². The van der Waals surface area contributed by atoms with Gasteiger partial charge in [0.15, 0.2) is 0 Å². The predicted molar refractivity (Wildman–Crippen MR) is 46.4 cm³/mol. The fourth-order valence-corrected chi connectivity index (χ4v) is 2.14. The molecule has 1 fully saturated rings. The van der Waals surface area contributed by atoms with Gasteiger partial charge in [0, 0.05) is 11.5 Å². The van der Waals surface area contributed by atoms with Gasteiger partial charge in [-0.1, -0.05) is 0 Å². The fraction of sp³-hybridized carbons (Fsp3) is 0.300. The van der Waals surface area contributed by atoms with Gasteiger partial charge >= 0.3 is 5.97 Å². The van der Waals surface area contributed by atoms with Crippen molar-refractivity contribution < 1.29 is 19.7 Å². The summed E-state index contributed by atoms with van der Waals surface area (Å²) in [6, 6.07) is 4.80. The number of hydrogen-bond acceptors (Lipinski definition) is 3. The van der Waals surface area contributed by atoms with Crippen LogP contribution < -0.4 is 4.74 Å². The first-order valence-corrected chi connectivity index (χ1v) is 4.41. The quantitative estimate of drug-likeness (QED) is 0.695. The predicted octanol–water partition coefficient (Wildman–Crippen LogP) is 0.951. The number of phenolic OH excluding ortho intramolecular Hbond substituents is 1. The van der Waals surface area contributed by atoms with Crippen LogP contribution in [-0.2, 0) is 4.79 Å². The SMILES string of the molecule is O=C(O)C1C2Oc3ccc(O)cc3C21. The van der Waals surface area contributed by atoms with Gasteiger partial charge in [-0.15, -0.1) is 0 Å². The number of rotatable bonds is 1. The van der Waals surface area contributed by atoms with Gasteiger partial charge in [0.05, 0.1) is 0 Å². The maximum absolute atomic E-state index is 10.7. The summed E-state index contributed by atoms with van der Waals surface area (Å²) in [5.41, 5.74) is 0.822. The Hall–Kier alpha value is -1.71. The van der Waals surface area contributed by atoms with Crippen LogP contribution in [0.1, 0.15) is 11.5 Å². The molecule has 4 heteroatoms. The molecule has 14 heavy (non-hydrogen) atoms. The zero-order valence-corrected chi connectivity index (χ0v) is 7.18. The lowest BCUT2D eigenvalue weighted by molar-refractivity contribution is -0.139. The minimum Gasteiger partial charge on any atom is -0.508 e. The van der Waals surface area contributed by atoms with E-state index in [0.717, 1.165) is 5.56 Å². The van der Waals surface area contributed by atoms with Gasteiger partial charge in [0.25, 0.3) is 0 Å². The Morgan fingerprint density at radius 3 is 2.93 bits per heavy atom. The average Bonchev–Trinajstić information content (AvgIpc) is 2.73. The Kier molecular flexibility index (Phi) is 1.21. The summed E-state index contributed by atoms with van der Waals surface area (Å²) in [7, 11) is 0. The first kappa shape index (κ1) is 7.67. The van der Waals surface area contributed by atoms with Crippen LogP contribution in [0.4, 0.5) is 0 Å². The van der Waals surface area contributed by atoms with E-state index in [1.54, 1.807) is 18.2 Å². The first-order chi connectivity index (χ1) is 6.68. The van der Waals surface area contributed by atoms with Crippen molar-refractivity contribution in [3.05, 3.63) is 23.8 Å². The first-order valence-electron chi connectivity index (χ1n) is 4.41. The number of carbonyl (C=O) groups is 1. The third kappa shape index (κ3) is 0.801. The highest BCUT2D eigenvalue weighted by molar-refractivity contribution is 5.79. The summed E-state index contributed by atoms with van der Waals surface area (Å²) < 4.78 is 5.42. The molecule has 2 N–H and O–H groups in total. The summed E-state index contributed by atoms with van der Waals surface area (Å²) in [5, 5.41) is 18.1. The maximum atomic E-state index is 10.7. The van der Waals surface area contributed by atoms with Crippen LogP contribution in [0.3, 0.4) is 0 Å².